The van der Waals surface area contributed by atoms with Crippen molar-refractivity contribution in [3.8, 4) is 0 Å². The van der Waals surface area contributed by atoms with Crippen LogP contribution < -0.4 is 5.32 Å². The summed E-state index contributed by atoms with van der Waals surface area (Å²) in [6, 6.07) is 1.39. The molecule has 1 aromatic rings. The lowest BCUT2D eigenvalue weighted by Crippen LogP contribution is -2.63. The SMILES string of the molecule is CCC1NC(=O)C(C2CC2)N(Cc2cc(Br)cs2)C1=O. The fraction of sp³-hybridized carbons (Fsp3) is 0.571. The molecule has 0 radical (unpaired) electrons. The zero-order valence-electron chi connectivity index (χ0n) is 11.3. The van der Waals surface area contributed by atoms with Gasteiger partial charge in [-0.2, -0.15) is 0 Å². The second kappa shape index (κ2) is 5.48. The molecule has 1 saturated heterocycles. The van der Waals surface area contributed by atoms with Gasteiger partial charge in [0.15, 0.2) is 0 Å². The van der Waals surface area contributed by atoms with Crippen LogP contribution in [0.15, 0.2) is 15.9 Å². The molecule has 0 bridgehead atoms. The topological polar surface area (TPSA) is 49.4 Å². The molecule has 2 amide bonds. The van der Waals surface area contributed by atoms with Gasteiger partial charge < -0.3 is 10.2 Å². The number of nitrogens with zero attached hydrogens (tertiary/aromatic N) is 1. The van der Waals surface area contributed by atoms with Gasteiger partial charge in [-0.3, -0.25) is 9.59 Å². The number of rotatable bonds is 4. The zero-order valence-corrected chi connectivity index (χ0v) is 13.7. The van der Waals surface area contributed by atoms with Crippen LogP contribution in [0.3, 0.4) is 0 Å². The Morgan fingerprint density at radius 3 is 2.75 bits per heavy atom. The first-order valence-corrected chi connectivity index (χ1v) is 8.61. The lowest BCUT2D eigenvalue weighted by Gasteiger charge is -2.38. The summed E-state index contributed by atoms with van der Waals surface area (Å²) in [6.07, 6.45) is 2.74. The standard InChI is InChI=1S/C14H17BrN2O2S/c1-2-11-14(19)17(6-10-5-9(15)7-20-10)12(8-3-4-8)13(18)16-11/h5,7-8,11-12H,2-4,6H2,1H3,(H,16,18). The maximum atomic E-state index is 12.6. The maximum Gasteiger partial charge on any atom is 0.246 e. The molecule has 108 valence electrons. The third-order valence-corrected chi connectivity index (χ3v) is 5.61. The second-order valence-electron chi connectivity index (χ2n) is 5.45. The quantitative estimate of drug-likeness (QED) is 0.900. The van der Waals surface area contributed by atoms with Crippen molar-refractivity contribution in [1.29, 1.82) is 0 Å². The first-order chi connectivity index (χ1) is 9.60. The van der Waals surface area contributed by atoms with Gasteiger partial charge in [0.05, 0.1) is 6.54 Å². The van der Waals surface area contributed by atoms with Gasteiger partial charge in [0.2, 0.25) is 11.8 Å². The number of nitrogens with one attached hydrogen (secondary N) is 1. The van der Waals surface area contributed by atoms with Crippen molar-refractivity contribution < 1.29 is 9.59 Å². The molecule has 20 heavy (non-hydrogen) atoms. The van der Waals surface area contributed by atoms with Gasteiger partial charge in [0, 0.05) is 14.7 Å². The Labute approximate surface area is 130 Å². The molecule has 0 aromatic carbocycles. The van der Waals surface area contributed by atoms with Crippen LogP contribution in [-0.4, -0.2) is 28.8 Å². The molecule has 1 saturated carbocycles. The Hall–Kier alpha value is -0.880. The van der Waals surface area contributed by atoms with Crippen molar-refractivity contribution >= 4 is 39.1 Å². The molecule has 2 unspecified atom stereocenters. The second-order valence-corrected chi connectivity index (χ2v) is 7.36. The van der Waals surface area contributed by atoms with Crippen LogP contribution in [0, 0.1) is 5.92 Å². The Balaban J connectivity index is 1.85. The van der Waals surface area contributed by atoms with Gasteiger partial charge in [-0.1, -0.05) is 6.92 Å². The maximum absolute atomic E-state index is 12.6. The molecule has 2 heterocycles. The average molecular weight is 357 g/mol. The highest BCUT2D eigenvalue weighted by atomic mass is 79.9. The van der Waals surface area contributed by atoms with Crippen molar-refractivity contribution in [2.24, 2.45) is 5.92 Å². The smallest absolute Gasteiger partial charge is 0.246 e. The minimum absolute atomic E-state index is 0.0228. The minimum Gasteiger partial charge on any atom is -0.343 e. The summed E-state index contributed by atoms with van der Waals surface area (Å²) in [5.41, 5.74) is 0. The third kappa shape index (κ3) is 2.63. The fourth-order valence-corrected chi connectivity index (χ4v) is 4.18. The van der Waals surface area contributed by atoms with E-state index in [9.17, 15) is 9.59 Å². The van der Waals surface area contributed by atoms with Crippen LogP contribution in [0.1, 0.15) is 31.1 Å². The van der Waals surface area contributed by atoms with Gasteiger partial charge in [0.1, 0.15) is 12.1 Å². The predicted molar refractivity (Wildman–Crippen MR) is 81.3 cm³/mol. The van der Waals surface area contributed by atoms with E-state index in [0.717, 1.165) is 22.2 Å². The van der Waals surface area contributed by atoms with E-state index >= 15 is 0 Å². The predicted octanol–water partition coefficient (Wildman–Crippen LogP) is 2.53. The summed E-state index contributed by atoms with van der Waals surface area (Å²) < 4.78 is 1.03. The number of carbonyl (C=O) groups is 2. The summed E-state index contributed by atoms with van der Waals surface area (Å²) in [5.74, 6) is 0.434. The molecule has 1 aliphatic heterocycles. The number of hydrogen-bond acceptors (Lipinski definition) is 3. The van der Waals surface area contributed by atoms with Crippen LogP contribution in [0.4, 0.5) is 0 Å². The van der Waals surface area contributed by atoms with Crippen molar-refractivity contribution in [3.05, 3.63) is 20.8 Å². The number of hydrogen-bond donors (Lipinski definition) is 1. The average Bonchev–Trinajstić information content (AvgIpc) is 3.16. The highest BCUT2D eigenvalue weighted by Crippen LogP contribution is 2.38. The molecule has 3 rings (SSSR count). The largest absolute Gasteiger partial charge is 0.343 e. The summed E-state index contributed by atoms with van der Waals surface area (Å²) in [7, 11) is 0. The van der Waals surface area contributed by atoms with E-state index in [1.54, 1.807) is 16.2 Å². The van der Waals surface area contributed by atoms with Crippen molar-refractivity contribution in [1.82, 2.24) is 10.2 Å². The van der Waals surface area contributed by atoms with E-state index in [1.165, 1.54) is 0 Å². The van der Waals surface area contributed by atoms with Crippen LogP contribution >= 0.6 is 27.3 Å². The van der Waals surface area contributed by atoms with Gasteiger partial charge in [-0.05, 0) is 47.2 Å². The molecule has 0 spiro atoms. The molecule has 2 fully saturated rings. The number of piperazine rings is 1. The number of carbonyl (C=O) groups excluding carboxylic acids is 2. The van der Waals surface area contributed by atoms with E-state index in [-0.39, 0.29) is 23.9 Å². The monoisotopic (exact) mass is 356 g/mol. The summed E-state index contributed by atoms with van der Waals surface area (Å²) in [4.78, 5) is 27.8. The van der Waals surface area contributed by atoms with Gasteiger partial charge in [0.25, 0.3) is 0 Å². The molecule has 4 nitrogen and oxygen atoms in total. The van der Waals surface area contributed by atoms with Crippen LogP contribution in [0.5, 0.6) is 0 Å². The number of thiophene rings is 1. The van der Waals surface area contributed by atoms with Crippen LogP contribution in [-0.2, 0) is 16.1 Å². The van der Waals surface area contributed by atoms with E-state index in [1.807, 2.05) is 18.4 Å². The van der Waals surface area contributed by atoms with Crippen molar-refractivity contribution in [2.45, 2.75) is 44.8 Å². The minimum atomic E-state index is -0.360. The van der Waals surface area contributed by atoms with Gasteiger partial charge in [-0.25, -0.2) is 0 Å². The Morgan fingerprint density at radius 1 is 1.45 bits per heavy atom. The molecular weight excluding hydrogens is 340 g/mol. The van der Waals surface area contributed by atoms with E-state index in [0.29, 0.717) is 18.9 Å². The van der Waals surface area contributed by atoms with E-state index in [2.05, 4.69) is 21.2 Å². The normalized spacial score (nSPS) is 26.8. The molecular formula is C14H17BrN2O2S. The van der Waals surface area contributed by atoms with Crippen LogP contribution in [0.25, 0.3) is 0 Å². The lowest BCUT2D eigenvalue weighted by molar-refractivity contribution is -0.151. The lowest BCUT2D eigenvalue weighted by atomic mass is 10.0. The van der Waals surface area contributed by atoms with Gasteiger partial charge >= 0.3 is 0 Å². The molecule has 1 N–H and O–H groups in total. The summed E-state index contributed by atoms with van der Waals surface area (Å²) >= 11 is 5.05. The molecule has 2 aliphatic rings. The highest BCUT2D eigenvalue weighted by molar-refractivity contribution is 9.10. The first-order valence-electron chi connectivity index (χ1n) is 6.94. The Bertz CT molecular complexity index is 541. The first kappa shape index (κ1) is 14.1. The fourth-order valence-electron chi connectivity index (χ4n) is 2.74. The summed E-state index contributed by atoms with van der Waals surface area (Å²) in [5, 5.41) is 4.88. The highest BCUT2D eigenvalue weighted by Gasteiger charge is 2.47. The number of halogens is 1. The molecule has 2 atom stereocenters. The third-order valence-electron chi connectivity index (χ3n) is 3.93. The Kier molecular flexibility index (Phi) is 3.86. The van der Waals surface area contributed by atoms with Crippen molar-refractivity contribution in [3.63, 3.8) is 0 Å². The van der Waals surface area contributed by atoms with Crippen molar-refractivity contribution in [2.75, 3.05) is 0 Å². The molecule has 1 aliphatic carbocycles. The molecule has 6 heteroatoms. The Morgan fingerprint density at radius 2 is 2.20 bits per heavy atom. The van der Waals surface area contributed by atoms with Gasteiger partial charge in [-0.15, -0.1) is 11.3 Å². The summed E-state index contributed by atoms with van der Waals surface area (Å²) in [6.45, 7) is 2.47. The van der Waals surface area contributed by atoms with Crippen LogP contribution in [0.2, 0.25) is 0 Å². The number of amides is 2. The van der Waals surface area contributed by atoms with E-state index in [4.69, 9.17) is 0 Å². The zero-order chi connectivity index (χ0) is 14.3. The van der Waals surface area contributed by atoms with E-state index < -0.39 is 0 Å². The molecule has 1 aromatic heterocycles.